The minimum absolute atomic E-state index is 0.172. The zero-order valence-electron chi connectivity index (χ0n) is 14.6. The van der Waals surface area contributed by atoms with Crippen LogP contribution in [0, 0.1) is 0 Å². The summed E-state index contributed by atoms with van der Waals surface area (Å²) < 4.78 is 16.5. The molecule has 134 valence electrons. The Hall–Kier alpha value is -2.22. The molecule has 8 heteroatoms. The van der Waals surface area contributed by atoms with Crippen molar-refractivity contribution in [2.75, 3.05) is 13.2 Å². The summed E-state index contributed by atoms with van der Waals surface area (Å²) in [5.74, 6) is 2.20. The van der Waals surface area contributed by atoms with Crippen LogP contribution in [0.2, 0.25) is 0 Å². The van der Waals surface area contributed by atoms with Crippen LogP contribution in [0.15, 0.2) is 15.1 Å². The van der Waals surface area contributed by atoms with Crippen molar-refractivity contribution < 1.29 is 18.6 Å². The molecule has 0 radical (unpaired) electrons. The number of amides is 1. The zero-order valence-corrected chi connectivity index (χ0v) is 14.6. The number of carbonyl (C=O) groups is 1. The Balaban J connectivity index is 1.61. The van der Waals surface area contributed by atoms with Crippen molar-refractivity contribution in [3.05, 3.63) is 29.2 Å². The van der Waals surface area contributed by atoms with Gasteiger partial charge >= 0.3 is 0 Å². The summed E-state index contributed by atoms with van der Waals surface area (Å²) in [6.45, 7) is 6.80. The van der Waals surface area contributed by atoms with Crippen molar-refractivity contribution in [2.24, 2.45) is 0 Å². The monoisotopic (exact) mass is 346 g/mol. The highest BCUT2D eigenvalue weighted by Gasteiger charge is 2.40. The van der Waals surface area contributed by atoms with Crippen molar-refractivity contribution >= 4 is 5.91 Å². The standard InChI is InChI=1S/C17H22N4O4/c1-9(2)13-8-12(19-24-13)17(22)21-6-7-23-10(3)14(21)16-18-15(20-25-16)11-4-5-11/h8-11,14H,4-7H2,1-3H3/t10-,14+/m1/s1. The van der Waals surface area contributed by atoms with Crippen LogP contribution < -0.4 is 0 Å². The Bertz CT molecular complexity index is 764. The van der Waals surface area contributed by atoms with Crippen LogP contribution in [-0.4, -0.2) is 45.4 Å². The normalized spacial score (nSPS) is 24.1. The van der Waals surface area contributed by atoms with Crippen molar-refractivity contribution in [3.8, 4) is 0 Å². The SMILES string of the molecule is CC(C)c1cc(C(=O)N2CCO[C@H](C)[C@H]2c2nc(C3CC3)no2)no1. The van der Waals surface area contributed by atoms with E-state index in [2.05, 4.69) is 15.3 Å². The maximum Gasteiger partial charge on any atom is 0.276 e. The fraction of sp³-hybridized carbons (Fsp3) is 0.647. The Morgan fingerprint density at radius 1 is 1.28 bits per heavy atom. The van der Waals surface area contributed by atoms with Gasteiger partial charge in [0.25, 0.3) is 11.8 Å². The number of morpholine rings is 1. The van der Waals surface area contributed by atoms with E-state index < -0.39 is 6.04 Å². The minimum atomic E-state index is -0.416. The topological polar surface area (TPSA) is 94.5 Å². The summed E-state index contributed by atoms with van der Waals surface area (Å²) in [4.78, 5) is 19.2. The average Bonchev–Trinajstić information content (AvgIpc) is 3.12. The molecule has 1 amide bonds. The van der Waals surface area contributed by atoms with Gasteiger partial charge in [0.2, 0.25) is 0 Å². The predicted molar refractivity (Wildman–Crippen MR) is 86.1 cm³/mol. The Kier molecular flexibility index (Phi) is 4.07. The molecule has 2 aromatic heterocycles. The van der Waals surface area contributed by atoms with Gasteiger partial charge in [-0.1, -0.05) is 24.2 Å². The second kappa shape index (κ2) is 6.25. The largest absolute Gasteiger partial charge is 0.374 e. The van der Waals surface area contributed by atoms with Gasteiger partial charge in [-0.2, -0.15) is 4.98 Å². The van der Waals surface area contributed by atoms with E-state index in [0.29, 0.717) is 36.4 Å². The molecule has 0 unspecified atom stereocenters. The van der Waals surface area contributed by atoms with Crippen LogP contribution in [0.25, 0.3) is 0 Å². The highest BCUT2D eigenvalue weighted by Crippen LogP contribution is 2.39. The van der Waals surface area contributed by atoms with Gasteiger partial charge in [-0.05, 0) is 19.8 Å². The number of ether oxygens (including phenoxy) is 1. The first-order chi connectivity index (χ1) is 12.0. The molecular weight excluding hydrogens is 324 g/mol. The molecule has 1 aliphatic heterocycles. The minimum Gasteiger partial charge on any atom is -0.374 e. The molecule has 1 aliphatic carbocycles. The van der Waals surface area contributed by atoms with Crippen LogP contribution in [0.5, 0.6) is 0 Å². The second-order valence-corrected chi connectivity index (χ2v) is 7.05. The smallest absolute Gasteiger partial charge is 0.276 e. The molecule has 1 saturated carbocycles. The van der Waals surface area contributed by atoms with Gasteiger partial charge < -0.3 is 18.7 Å². The lowest BCUT2D eigenvalue weighted by Crippen LogP contribution is -2.47. The molecule has 0 N–H and O–H groups in total. The molecule has 0 aromatic carbocycles. The number of hydrogen-bond acceptors (Lipinski definition) is 7. The van der Waals surface area contributed by atoms with E-state index in [1.165, 1.54) is 0 Å². The van der Waals surface area contributed by atoms with Crippen molar-refractivity contribution in [1.29, 1.82) is 0 Å². The quantitative estimate of drug-likeness (QED) is 0.840. The van der Waals surface area contributed by atoms with Crippen LogP contribution in [-0.2, 0) is 4.74 Å². The van der Waals surface area contributed by atoms with Gasteiger partial charge in [0, 0.05) is 24.4 Å². The van der Waals surface area contributed by atoms with Gasteiger partial charge in [-0.15, -0.1) is 0 Å². The summed E-state index contributed by atoms with van der Waals surface area (Å²) >= 11 is 0. The van der Waals surface area contributed by atoms with E-state index in [1.807, 2.05) is 20.8 Å². The van der Waals surface area contributed by atoms with Gasteiger partial charge in [0.1, 0.15) is 11.8 Å². The third-order valence-corrected chi connectivity index (χ3v) is 4.72. The molecule has 2 atom stereocenters. The van der Waals surface area contributed by atoms with E-state index in [4.69, 9.17) is 13.8 Å². The third-order valence-electron chi connectivity index (χ3n) is 4.72. The Morgan fingerprint density at radius 2 is 2.08 bits per heavy atom. The molecular formula is C17H22N4O4. The molecule has 4 rings (SSSR count). The fourth-order valence-electron chi connectivity index (χ4n) is 3.07. The van der Waals surface area contributed by atoms with E-state index in [9.17, 15) is 4.79 Å². The highest BCUT2D eigenvalue weighted by molar-refractivity contribution is 5.92. The number of nitrogens with zero attached hydrogens (tertiary/aromatic N) is 4. The van der Waals surface area contributed by atoms with Crippen LogP contribution in [0.3, 0.4) is 0 Å². The molecule has 0 bridgehead atoms. The molecule has 2 aromatic rings. The maximum absolute atomic E-state index is 13.0. The van der Waals surface area contributed by atoms with Crippen LogP contribution >= 0.6 is 0 Å². The summed E-state index contributed by atoms with van der Waals surface area (Å²) in [5, 5.41) is 8.00. The number of hydrogen-bond donors (Lipinski definition) is 0. The Morgan fingerprint density at radius 3 is 2.76 bits per heavy atom. The summed E-state index contributed by atoms with van der Waals surface area (Å²) in [6.07, 6.45) is 1.95. The lowest BCUT2D eigenvalue weighted by atomic mass is 10.1. The highest BCUT2D eigenvalue weighted by atomic mass is 16.5. The fourth-order valence-corrected chi connectivity index (χ4v) is 3.07. The van der Waals surface area contributed by atoms with E-state index in [-0.39, 0.29) is 17.9 Å². The maximum atomic E-state index is 13.0. The van der Waals surface area contributed by atoms with Crippen LogP contribution in [0.4, 0.5) is 0 Å². The third kappa shape index (κ3) is 3.06. The van der Waals surface area contributed by atoms with Crippen molar-refractivity contribution in [2.45, 2.75) is 57.6 Å². The summed E-state index contributed by atoms with van der Waals surface area (Å²) in [5.41, 5.74) is 0.296. The van der Waals surface area contributed by atoms with Gasteiger partial charge in [0.15, 0.2) is 11.5 Å². The van der Waals surface area contributed by atoms with Gasteiger partial charge in [0.05, 0.1) is 12.7 Å². The summed E-state index contributed by atoms with van der Waals surface area (Å²) in [7, 11) is 0. The zero-order chi connectivity index (χ0) is 17.6. The Labute approximate surface area is 145 Å². The van der Waals surface area contributed by atoms with E-state index in [1.54, 1.807) is 11.0 Å². The first-order valence-corrected chi connectivity index (χ1v) is 8.77. The second-order valence-electron chi connectivity index (χ2n) is 7.05. The van der Waals surface area contributed by atoms with E-state index in [0.717, 1.165) is 18.7 Å². The van der Waals surface area contributed by atoms with Gasteiger partial charge in [-0.3, -0.25) is 4.79 Å². The molecule has 2 fully saturated rings. The molecule has 0 spiro atoms. The first kappa shape index (κ1) is 16.3. The first-order valence-electron chi connectivity index (χ1n) is 8.77. The molecule has 2 aliphatic rings. The predicted octanol–water partition coefficient (Wildman–Crippen LogP) is 2.66. The summed E-state index contributed by atoms with van der Waals surface area (Å²) in [6, 6.07) is 1.29. The van der Waals surface area contributed by atoms with Gasteiger partial charge in [-0.25, -0.2) is 0 Å². The molecule has 8 nitrogen and oxygen atoms in total. The molecule has 1 saturated heterocycles. The molecule has 3 heterocycles. The average molecular weight is 346 g/mol. The molecule has 25 heavy (non-hydrogen) atoms. The number of aromatic nitrogens is 3. The number of rotatable bonds is 4. The van der Waals surface area contributed by atoms with E-state index >= 15 is 0 Å². The lowest BCUT2D eigenvalue weighted by Gasteiger charge is -2.37. The number of carbonyl (C=O) groups excluding carboxylic acids is 1. The lowest BCUT2D eigenvalue weighted by molar-refractivity contribution is -0.0603. The van der Waals surface area contributed by atoms with Crippen molar-refractivity contribution in [3.63, 3.8) is 0 Å². The van der Waals surface area contributed by atoms with Crippen LogP contribution in [0.1, 0.15) is 79.5 Å². The van der Waals surface area contributed by atoms with Crippen molar-refractivity contribution in [1.82, 2.24) is 20.2 Å².